The van der Waals surface area contributed by atoms with E-state index in [-0.39, 0.29) is 5.60 Å². The molecule has 1 N–H and O–H groups in total. The van der Waals surface area contributed by atoms with Crippen LogP contribution in [0.15, 0.2) is 24.3 Å². The summed E-state index contributed by atoms with van der Waals surface area (Å²) in [5, 5.41) is 3.45. The molecule has 0 amide bonds. The molecule has 0 radical (unpaired) electrons. The Bertz CT molecular complexity index is 378. The largest absolute Gasteiger partial charge is 0.374 e. The van der Waals surface area contributed by atoms with E-state index in [0.29, 0.717) is 5.92 Å². The average Bonchev–Trinajstić information content (AvgIpc) is 2.95. The highest BCUT2D eigenvalue weighted by Gasteiger charge is 2.46. The van der Waals surface area contributed by atoms with Crippen molar-refractivity contribution < 1.29 is 4.74 Å². The first kappa shape index (κ1) is 10.3. The second kappa shape index (κ2) is 3.86. The normalized spacial score (nSPS) is 26.9. The molecule has 1 saturated heterocycles. The molecule has 86 valence electrons. The minimum atomic E-state index is 0.0547. The van der Waals surface area contributed by atoms with Gasteiger partial charge in [0.15, 0.2) is 0 Å². The molecule has 16 heavy (non-hydrogen) atoms. The Labute approximate surface area is 97.0 Å². The summed E-state index contributed by atoms with van der Waals surface area (Å²) in [6.07, 6.45) is 3.62. The Balaban J connectivity index is 1.97. The van der Waals surface area contributed by atoms with Crippen LogP contribution in [0, 0.1) is 0 Å². The van der Waals surface area contributed by atoms with Crippen molar-refractivity contribution in [2.24, 2.45) is 0 Å². The summed E-state index contributed by atoms with van der Waals surface area (Å²) in [7, 11) is 1.84. The number of ether oxygens (including phenoxy) is 1. The molecule has 2 heteroatoms. The van der Waals surface area contributed by atoms with Gasteiger partial charge in [0.05, 0.1) is 5.60 Å². The molecule has 1 aliphatic heterocycles. The van der Waals surface area contributed by atoms with Crippen LogP contribution in [0.5, 0.6) is 0 Å². The molecule has 2 fully saturated rings. The molecule has 2 aliphatic rings. The number of methoxy groups -OCH3 is 1. The van der Waals surface area contributed by atoms with E-state index < -0.39 is 0 Å². The SMILES string of the molecule is COC1(c2ccccc2C2CCNC2)CC1. The Morgan fingerprint density at radius 2 is 2.12 bits per heavy atom. The van der Waals surface area contributed by atoms with Gasteiger partial charge in [0, 0.05) is 13.7 Å². The Kier molecular flexibility index (Phi) is 2.49. The van der Waals surface area contributed by atoms with Gasteiger partial charge in [0.25, 0.3) is 0 Å². The summed E-state index contributed by atoms with van der Waals surface area (Å²) < 4.78 is 5.71. The van der Waals surface area contributed by atoms with Gasteiger partial charge in [-0.15, -0.1) is 0 Å². The van der Waals surface area contributed by atoms with Gasteiger partial charge in [-0.1, -0.05) is 24.3 Å². The van der Waals surface area contributed by atoms with E-state index in [2.05, 4.69) is 29.6 Å². The molecule has 1 aliphatic carbocycles. The van der Waals surface area contributed by atoms with Crippen molar-refractivity contribution in [2.75, 3.05) is 20.2 Å². The molecule has 0 bridgehead atoms. The second-order valence-corrected chi connectivity index (χ2v) is 4.98. The zero-order valence-electron chi connectivity index (χ0n) is 9.83. The number of rotatable bonds is 3. The van der Waals surface area contributed by atoms with E-state index in [1.165, 1.54) is 30.4 Å². The smallest absolute Gasteiger partial charge is 0.0932 e. The first-order valence-corrected chi connectivity index (χ1v) is 6.21. The summed E-state index contributed by atoms with van der Waals surface area (Å²) in [5.41, 5.74) is 3.00. The number of benzene rings is 1. The van der Waals surface area contributed by atoms with Crippen molar-refractivity contribution in [3.63, 3.8) is 0 Å². The maximum Gasteiger partial charge on any atom is 0.0932 e. The number of hydrogen-bond acceptors (Lipinski definition) is 2. The molecule has 1 aromatic carbocycles. The molecular formula is C14H19NO. The minimum absolute atomic E-state index is 0.0547. The summed E-state index contributed by atoms with van der Waals surface area (Å²) in [4.78, 5) is 0. The van der Waals surface area contributed by atoms with Crippen molar-refractivity contribution in [3.05, 3.63) is 35.4 Å². The van der Waals surface area contributed by atoms with Gasteiger partial charge in [0.1, 0.15) is 0 Å². The Hall–Kier alpha value is -0.860. The van der Waals surface area contributed by atoms with E-state index in [0.717, 1.165) is 13.1 Å². The van der Waals surface area contributed by atoms with Gasteiger partial charge in [0.2, 0.25) is 0 Å². The van der Waals surface area contributed by atoms with Crippen molar-refractivity contribution in [3.8, 4) is 0 Å². The first-order valence-electron chi connectivity index (χ1n) is 6.21. The van der Waals surface area contributed by atoms with Gasteiger partial charge in [-0.2, -0.15) is 0 Å². The third-order valence-electron chi connectivity index (χ3n) is 4.05. The predicted octanol–water partition coefficient (Wildman–Crippen LogP) is 2.40. The molecule has 3 rings (SSSR count). The van der Waals surface area contributed by atoms with Crippen molar-refractivity contribution >= 4 is 0 Å². The highest BCUT2D eigenvalue weighted by atomic mass is 16.5. The zero-order valence-corrected chi connectivity index (χ0v) is 9.83. The number of nitrogens with one attached hydrogen (secondary N) is 1. The monoisotopic (exact) mass is 217 g/mol. The molecule has 0 aromatic heterocycles. The zero-order chi connectivity index (χ0) is 11.0. The lowest BCUT2D eigenvalue weighted by Gasteiger charge is -2.21. The van der Waals surface area contributed by atoms with Crippen LogP contribution < -0.4 is 5.32 Å². The molecule has 1 saturated carbocycles. The van der Waals surface area contributed by atoms with Crippen molar-refractivity contribution in [1.82, 2.24) is 5.32 Å². The van der Waals surface area contributed by atoms with Crippen LogP contribution in [-0.2, 0) is 10.3 Å². The molecule has 1 unspecified atom stereocenters. The van der Waals surface area contributed by atoms with Gasteiger partial charge in [-0.05, 0) is 42.9 Å². The fraction of sp³-hybridized carbons (Fsp3) is 0.571. The molecule has 0 spiro atoms. The van der Waals surface area contributed by atoms with Crippen LogP contribution in [0.4, 0.5) is 0 Å². The lowest BCUT2D eigenvalue weighted by Crippen LogP contribution is -2.15. The van der Waals surface area contributed by atoms with E-state index >= 15 is 0 Å². The maximum atomic E-state index is 5.71. The van der Waals surface area contributed by atoms with Crippen LogP contribution in [0.3, 0.4) is 0 Å². The summed E-state index contributed by atoms with van der Waals surface area (Å²) >= 11 is 0. The molecule has 2 nitrogen and oxygen atoms in total. The molecule has 1 heterocycles. The van der Waals surface area contributed by atoms with Gasteiger partial charge >= 0.3 is 0 Å². The van der Waals surface area contributed by atoms with Crippen LogP contribution >= 0.6 is 0 Å². The van der Waals surface area contributed by atoms with Gasteiger partial charge in [-0.25, -0.2) is 0 Å². The molecule has 1 aromatic rings. The van der Waals surface area contributed by atoms with Crippen LogP contribution in [0.2, 0.25) is 0 Å². The minimum Gasteiger partial charge on any atom is -0.374 e. The first-order chi connectivity index (χ1) is 7.86. The Morgan fingerprint density at radius 1 is 1.31 bits per heavy atom. The lowest BCUT2D eigenvalue weighted by molar-refractivity contribution is 0.0779. The average molecular weight is 217 g/mol. The van der Waals surface area contributed by atoms with Gasteiger partial charge < -0.3 is 10.1 Å². The van der Waals surface area contributed by atoms with Crippen molar-refractivity contribution in [1.29, 1.82) is 0 Å². The van der Waals surface area contributed by atoms with Crippen molar-refractivity contribution in [2.45, 2.75) is 30.8 Å². The van der Waals surface area contributed by atoms with E-state index in [4.69, 9.17) is 4.74 Å². The number of hydrogen-bond donors (Lipinski definition) is 1. The van der Waals surface area contributed by atoms with Gasteiger partial charge in [-0.3, -0.25) is 0 Å². The second-order valence-electron chi connectivity index (χ2n) is 4.98. The fourth-order valence-electron chi connectivity index (χ4n) is 2.88. The quantitative estimate of drug-likeness (QED) is 0.839. The molecular weight excluding hydrogens is 198 g/mol. The predicted molar refractivity (Wildman–Crippen MR) is 64.6 cm³/mol. The molecule has 1 atom stereocenters. The standard InChI is InChI=1S/C14H19NO/c1-16-14(7-8-14)13-5-3-2-4-12(13)11-6-9-15-10-11/h2-5,11,15H,6-10H2,1H3. The highest BCUT2D eigenvalue weighted by molar-refractivity contribution is 5.39. The van der Waals surface area contributed by atoms with Crippen LogP contribution in [-0.4, -0.2) is 20.2 Å². The van der Waals surface area contributed by atoms with E-state index in [1.54, 1.807) is 0 Å². The van der Waals surface area contributed by atoms with E-state index in [1.807, 2.05) is 7.11 Å². The topological polar surface area (TPSA) is 21.3 Å². The third kappa shape index (κ3) is 1.57. The maximum absolute atomic E-state index is 5.71. The lowest BCUT2D eigenvalue weighted by atomic mass is 9.90. The fourth-order valence-corrected chi connectivity index (χ4v) is 2.88. The van der Waals surface area contributed by atoms with E-state index in [9.17, 15) is 0 Å². The third-order valence-corrected chi connectivity index (χ3v) is 4.05. The highest BCUT2D eigenvalue weighted by Crippen LogP contribution is 2.51. The van der Waals surface area contributed by atoms with Crippen LogP contribution in [0.1, 0.15) is 36.3 Å². The summed E-state index contributed by atoms with van der Waals surface area (Å²) in [6.45, 7) is 2.27. The summed E-state index contributed by atoms with van der Waals surface area (Å²) in [6, 6.07) is 8.83. The Morgan fingerprint density at radius 3 is 2.75 bits per heavy atom. The summed E-state index contributed by atoms with van der Waals surface area (Å²) in [5.74, 6) is 0.684. The van der Waals surface area contributed by atoms with Crippen LogP contribution in [0.25, 0.3) is 0 Å².